The van der Waals surface area contributed by atoms with E-state index in [0.29, 0.717) is 50.0 Å². The molecule has 10 aromatic carbocycles. The Labute approximate surface area is 470 Å². The zero-order valence-corrected chi connectivity index (χ0v) is 46.3. The average molecular weight is 1210 g/mol. The first kappa shape index (κ1) is 51.9. The standard InChI is InChI=1S/C58H42N2O6.C11H8N.Ir/c1-30-7-6-8-31(2)53(30)59-55(63)44-23-19-40-42-21-25-46-52-47(26-22-43(50(42)52)41-20-24-45(56(59)64)51(44)49(40)41)58(66)60(57(46)65)54-32(3)27-39(28-33(54)4)37-15-11-35(12-16-37)9-10-36-13-17-38(18-14-36)48(62)29-34(5)61;1-2-6-10(7-3-1)11-8-4-5-9-12-11;/h6-8,11-29,62H,9-10H2,1-5H3;1-6,8-9H;/q;-1;. The monoisotopic (exact) mass is 1210 g/mol. The van der Waals surface area contributed by atoms with Gasteiger partial charge in [0.1, 0.15) is 5.76 Å². The topological polar surface area (TPSA) is 125 Å². The molecule has 3 heterocycles. The number of fused-ring (bicyclic) bond motifs is 2. The second-order valence-corrected chi connectivity index (χ2v) is 20.3. The molecule has 0 saturated heterocycles. The summed E-state index contributed by atoms with van der Waals surface area (Å²) in [5, 5.41) is 16.3. The molecule has 10 heteroatoms. The summed E-state index contributed by atoms with van der Waals surface area (Å²) in [6, 6.07) is 57.5. The molecule has 13 rings (SSSR count). The molecule has 2 aliphatic heterocycles. The van der Waals surface area contributed by atoms with Crippen LogP contribution in [-0.2, 0) is 37.7 Å². The van der Waals surface area contributed by atoms with Gasteiger partial charge in [-0.3, -0.25) is 24.0 Å². The van der Waals surface area contributed by atoms with Gasteiger partial charge in [0.05, 0.1) is 11.4 Å². The van der Waals surface area contributed by atoms with Crippen molar-refractivity contribution in [2.45, 2.75) is 47.5 Å². The van der Waals surface area contributed by atoms with Crippen molar-refractivity contribution in [3.8, 4) is 22.4 Å². The third-order valence-corrected chi connectivity index (χ3v) is 15.2. The first-order valence-electron chi connectivity index (χ1n) is 25.9. The maximum atomic E-state index is 14.7. The van der Waals surface area contributed by atoms with Crippen molar-refractivity contribution in [3.63, 3.8) is 0 Å². The first-order valence-corrected chi connectivity index (χ1v) is 25.9. The number of benzene rings is 10. The number of rotatable bonds is 9. The Bertz CT molecular complexity index is 4160. The van der Waals surface area contributed by atoms with Gasteiger partial charge in [0.15, 0.2) is 5.78 Å². The predicted octanol–water partition coefficient (Wildman–Crippen LogP) is 15.1. The number of aliphatic hydroxyl groups excluding tert-OH is 1. The van der Waals surface area contributed by atoms with Crippen molar-refractivity contribution in [1.29, 1.82) is 0 Å². The van der Waals surface area contributed by atoms with Crippen LogP contribution in [0.1, 0.15) is 87.3 Å². The van der Waals surface area contributed by atoms with Crippen molar-refractivity contribution in [2.75, 3.05) is 9.80 Å². The number of nitrogens with zero attached hydrogens (tertiary/aromatic N) is 3. The number of carbonyl (C=O) groups excluding carboxylic acids is 5. The summed E-state index contributed by atoms with van der Waals surface area (Å²) in [7, 11) is 0. The molecule has 0 unspecified atom stereocenters. The van der Waals surface area contributed by atoms with Crippen LogP contribution < -0.4 is 9.80 Å². The Morgan fingerprint density at radius 3 is 1.39 bits per heavy atom. The first-order chi connectivity index (χ1) is 37.8. The molecule has 11 aromatic rings. The van der Waals surface area contributed by atoms with Gasteiger partial charge in [-0.25, -0.2) is 9.80 Å². The second-order valence-electron chi connectivity index (χ2n) is 20.3. The number of anilines is 2. The molecule has 0 bridgehead atoms. The van der Waals surface area contributed by atoms with Gasteiger partial charge >= 0.3 is 0 Å². The Balaban J connectivity index is 0.000000448. The summed E-state index contributed by atoms with van der Waals surface area (Å²) in [5.74, 6) is -1.77. The van der Waals surface area contributed by atoms with Crippen LogP contribution in [0, 0.1) is 33.8 Å². The quantitative estimate of drug-likeness (QED) is 0.0381. The van der Waals surface area contributed by atoms with Gasteiger partial charge in [-0.1, -0.05) is 103 Å². The number of aromatic nitrogens is 1. The second kappa shape index (κ2) is 20.6. The molecule has 79 heavy (non-hydrogen) atoms. The normalized spacial score (nSPS) is 13.1. The largest absolute Gasteiger partial charge is 0.507 e. The van der Waals surface area contributed by atoms with E-state index in [0.717, 1.165) is 95.4 Å². The van der Waals surface area contributed by atoms with Gasteiger partial charge in [0.25, 0.3) is 23.6 Å². The number of hydrogen-bond donors (Lipinski definition) is 1. The van der Waals surface area contributed by atoms with Gasteiger partial charge in [-0.2, -0.15) is 0 Å². The number of pyridine rings is 1. The maximum absolute atomic E-state index is 14.7. The number of hydrogen-bond acceptors (Lipinski definition) is 7. The van der Waals surface area contributed by atoms with Gasteiger partial charge in [0, 0.05) is 71.0 Å². The van der Waals surface area contributed by atoms with Crippen molar-refractivity contribution in [2.24, 2.45) is 0 Å². The van der Waals surface area contributed by atoms with Crippen molar-refractivity contribution < 1.29 is 49.2 Å². The van der Waals surface area contributed by atoms with Crippen molar-refractivity contribution in [3.05, 3.63) is 249 Å². The van der Waals surface area contributed by atoms with Crippen LogP contribution in [0.15, 0.2) is 182 Å². The smallest absolute Gasteiger partial charge is 0.266 e. The predicted molar refractivity (Wildman–Crippen MR) is 311 cm³/mol. The minimum absolute atomic E-state index is 0. The Morgan fingerprint density at radius 2 is 0.962 bits per heavy atom. The Morgan fingerprint density at radius 1 is 0.506 bits per heavy atom. The molecule has 1 N–H and O–H groups in total. The van der Waals surface area contributed by atoms with Gasteiger partial charge < -0.3 is 10.1 Å². The van der Waals surface area contributed by atoms with Crippen LogP contribution in [0.2, 0.25) is 0 Å². The van der Waals surface area contributed by atoms with Crippen LogP contribution >= 0.6 is 0 Å². The van der Waals surface area contributed by atoms with E-state index in [4.69, 9.17) is 0 Å². The van der Waals surface area contributed by atoms with Crippen LogP contribution in [0.4, 0.5) is 11.4 Å². The molecule has 387 valence electrons. The van der Waals surface area contributed by atoms with E-state index in [9.17, 15) is 29.1 Å². The summed E-state index contributed by atoms with van der Waals surface area (Å²) in [4.78, 5) is 76.3. The fourth-order valence-corrected chi connectivity index (χ4v) is 11.7. The molecule has 0 fully saturated rings. The Kier molecular flexibility index (Phi) is 13.5. The average Bonchev–Trinajstić information content (AvgIpc) is 3.02. The zero-order chi connectivity index (χ0) is 54.1. The van der Waals surface area contributed by atoms with E-state index < -0.39 is 11.8 Å². The van der Waals surface area contributed by atoms with Gasteiger partial charge in [-0.15, -0.1) is 35.9 Å². The third-order valence-electron chi connectivity index (χ3n) is 15.2. The molecule has 0 aliphatic carbocycles. The molecule has 9 nitrogen and oxygen atoms in total. The van der Waals surface area contributed by atoms with Crippen LogP contribution in [0.25, 0.3) is 71.2 Å². The van der Waals surface area contributed by atoms with E-state index >= 15 is 0 Å². The molecule has 2 aliphatic rings. The summed E-state index contributed by atoms with van der Waals surface area (Å²) >= 11 is 0. The molecular weight excluding hydrogens is 1160 g/mol. The fraction of sp³-hybridized carbons (Fsp3) is 0.101. The Hall–Kier alpha value is -9.21. The minimum atomic E-state index is -0.391. The maximum Gasteiger partial charge on any atom is 0.266 e. The fourth-order valence-electron chi connectivity index (χ4n) is 11.7. The number of imide groups is 2. The molecule has 0 spiro atoms. The number of aliphatic hydroxyl groups is 1. The van der Waals surface area contributed by atoms with E-state index in [1.807, 2.05) is 149 Å². The SMILES string of the molecule is CC(=O)C=C(O)c1ccc(CCc2ccc(-c3cc(C)c(N4C(=O)c5ccc6c7ccc8c9c(ccc(c%10ccc(c5c6%10)C4=O)c97)C(=O)N(c4c(C)cccc4C)C8=O)c(C)c3)cc2)cc1.[Ir].[c-]1ccccc1-c1ccccn1. The summed E-state index contributed by atoms with van der Waals surface area (Å²) in [6.07, 6.45) is 4.63. The minimum Gasteiger partial charge on any atom is -0.507 e. The molecule has 4 amide bonds. The number of allylic oxidation sites excluding steroid dienone is 1. The van der Waals surface area contributed by atoms with Gasteiger partial charge in [0.2, 0.25) is 0 Å². The number of carbonyl (C=O) groups is 5. The van der Waals surface area contributed by atoms with E-state index in [2.05, 4.69) is 35.3 Å². The zero-order valence-electron chi connectivity index (χ0n) is 43.9. The van der Waals surface area contributed by atoms with Crippen LogP contribution in [-0.4, -0.2) is 39.5 Å². The number of amides is 4. The summed E-state index contributed by atoms with van der Waals surface area (Å²) in [6.45, 7) is 9.08. The summed E-state index contributed by atoms with van der Waals surface area (Å²) < 4.78 is 0. The third kappa shape index (κ3) is 8.89. The number of aryl methyl sites for hydroxylation is 6. The number of ketones is 1. The van der Waals surface area contributed by atoms with Gasteiger partial charge in [-0.05, 0) is 172 Å². The molecular formula is C69H50IrN3O6-. The molecule has 0 saturated carbocycles. The molecule has 1 radical (unpaired) electrons. The molecule has 1 aromatic heterocycles. The van der Waals surface area contributed by atoms with Crippen molar-refractivity contribution in [1.82, 2.24) is 4.98 Å². The summed E-state index contributed by atoms with van der Waals surface area (Å²) in [5.41, 5.74) is 13.1. The van der Waals surface area contributed by atoms with E-state index in [1.165, 1.54) is 28.4 Å². The van der Waals surface area contributed by atoms with E-state index in [1.54, 1.807) is 30.5 Å². The van der Waals surface area contributed by atoms with Crippen LogP contribution in [0.5, 0.6) is 0 Å². The molecule has 0 atom stereocenters. The van der Waals surface area contributed by atoms with Crippen molar-refractivity contribution >= 4 is 89.6 Å². The van der Waals surface area contributed by atoms with Crippen LogP contribution in [0.3, 0.4) is 0 Å². The van der Waals surface area contributed by atoms with E-state index in [-0.39, 0.29) is 43.5 Å². The number of para-hydroxylation sites is 1.